The maximum Gasteiger partial charge on any atom is 0.307 e. The summed E-state index contributed by atoms with van der Waals surface area (Å²) in [6.45, 7) is 4.74. The van der Waals surface area contributed by atoms with Crippen LogP contribution in [0.4, 0.5) is 0 Å². The molecule has 0 spiro atoms. The SMILES string of the molecule is CCC1CCC(NS(=O)(=O)N2CCCC(C(=O)O)C2)C1C. The number of aliphatic carboxylic acids is 1. The lowest BCUT2D eigenvalue weighted by Crippen LogP contribution is -2.50. The summed E-state index contributed by atoms with van der Waals surface area (Å²) in [6, 6.07) is -0.0230. The molecule has 0 amide bonds. The van der Waals surface area contributed by atoms with Gasteiger partial charge in [-0.15, -0.1) is 0 Å². The van der Waals surface area contributed by atoms with Crippen molar-refractivity contribution in [2.24, 2.45) is 17.8 Å². The molecule has 0 aromatic heterocycles. The van der Waals surface area contributed by atoms with E-state index in [0.717, 1.165) is 19.3 Å². The molecule has 4 atom stereocenters. The van der Waals surface area contributed by atoms with E-state index in [0.29, 0.717) is 31.2 Å². The normalized spacial score (nSPS) is 35.0. The van der Waals surface area contributed by atoms with Gasteiger partial charge in [-0.05, 0) is 37.5 Å². The third-order valence-electron chi connectivity index (χ3n) is 5.12. The number of hydrogen-bond acceptors (Lipinski definition) is 3. The predicted octanol–water partition coefficient (Wildman–Crippen LogP) is 1.44. The first-order chi connectivity index (χ1) is 9.85. The van der Waals surface area contributed by atoms with E-state index in [2.05, 4.69) is 18.6 Å². The second kappa shape index (κ2) is 6.62. The molecule has 6 nitrogen and oxygen atoms in total. The summed E-state index contributed by atoms with van der Waals surface area (Å²) in [5.74, 6) is -0.578. The fourth-order valence-electron chi connectivity index (χ4n) is 3.62. The van der Waals surface area contributed by atoms with Gasteiger partial charge in [0.05, 0.1) is 5.92 Å². The zero-order chi connectivity index (χ0) is 15.6. The van der Waals surface area contributed by atoms with E-state index in [1.165, 1.54) is 4.31 Å². The highest BCUT2D eigenvalue weighted by atomic mass is 32.2. The molecule has 2 fully saturated rings. The molecule has 1 aliphatic carbocycles. The van der Waals surface area contributed by atoms with Crippen molar-refractivity contribution in [1.82, 2.24) is 9.03 Å². The number of carbonyl (C=O) groups is 1. The second-order valence-corrected chi connectivity index (χ2v) is 8.07. The molecular formula is C14H26N2O4S. The average molecular weight is 318 g/mol. The average Bonchev–Trinajstić information content (AvgIpc) is 2.79. The fourth-order valence-corrected chi connectivity index (χ4v) is 5.23. The number of nitrogens with zero attached hydrogens (tertiary/aromatic N) is 1. The Labute approximate surface area is 127 Å². The third-order valence-corrected chi connectivity index (χ3v) is 6.74. The highest BCUT2D eigenvalue weighted by Crippen LogP contribution is 2.34. The second-order valence-electron chi connectivity index (χ2n) is 6.37. The lowest BCUT2D eigenvalue weighted by Gasteiger charge is -2.31. The molecule has 0 aromatic carbocycles. The van der Waals surface area contributed by atoms with Crippen molar-refractivity contribution in [1.29, 1.82) is 0 Å². The van der Waals surface area contributed by atoms with Crippen LogP contribution in [0.25, 0.3) is 0 Å². The van der Waals surface area contributed by atoms with Gasteiger partial charge in [0.1, 0.15) is 0 Å². The molecule has 7 heteroatoms. The minimum Gasteiger partial charge on any atom is -0.481 e. The number of carboxylic acids is 1. The molecule has 1 saturated heterocycles. The van der Waals surface area contributed by atoms with Gasteiger partial charge < -0.3 is 5.11 Å². The molecular weight excluding hydrogens is 292 g/mol. The van der Waals surface area contributed by atoms with Gasteiger partial charge in [-0.25, -0.2) is 0 Å². The summed E-state index contributed by atoms with van der Waals surface area (Å²) in [6.07, 6.45) is 4.16. The molecule has 0 radical (unpaired) electrons. The van der Waals surface area contributed by atoms with Crippen LogP contribution >= 0.6 is 0 Å². The number of hydrogen-bond donors (Lipinski definition) is 2. The Morgan fingerprint density at radius 2 is 2.05 bits per heavy atom. The van der Waals surface area contributed by atoms with Crippen LogP contribution in [0.15, 0.2) is 0 Å². The van der Waals surface area contributed by atoms with Gasteiger partial charge in [-0.2, -0.15) is 17.4 Å². The van der Waals surface area contributed by atoms with Gasteiger partial charge in [-0.1, -0.05) is 20.3 Å². The van der Waals surface area contributed by atoms with Gasteiger partial charge in [-0.3, -0.25) is 4.79 Å². The van der Waals surface area contributed by atoms with Gasteiger partial charge in [0.2, 0.25) is 0 Å². The Balaban J connectivity index is 2.00. The standard InChI is InChI=1S/C14H26N2O4S/c1-3-11-6-7-13(10(11)2)15-21(19,20)16-8-4-5-12(9-16)14(17)18/h10-13,15H,3-9H2,1-2H3,(H,17,18). The lowest BCUT2D eigenvalue weighted by atomic mass is 9.94. The van der Waals surface area contributed by atoms with Crippen molar-refractivity contribution in [2.75, 3.05) is 13.1 Å². The minimum atomic E-state index is -3.58. The zero-order valence-electron chi connectivity index (χ0n) is 12.8. The molecule has 0 bridgehead atoms. The first kappa shape index (κ1) is 16.7. The van der Waals surface area contributed by atoms with Crippen molar-refractivity contribution >= 4 is 16.2 Å². The summed E-state index contributed by atoms with van der Waals surface area (Å²) in [7, 11) is -3.58. The van der Waals surface area contributed by atoms with E-state index in [1.807, 2.05) is 0 Å². The van der Waals surface area contributed by atoms with Gasteiger partial charge in [0.25, 0.3) is 10.2 Å². The quantitative estimate of drug-likeness (QED) is 0.803. The first-order valence-corrected chi connectivity index (χ1v) is 9.29. The molecule has 21 heavy (non-hydrogen) atoms. The van der Waals surface area contributed by atoms with Gasteiger partial charge >= 0.3 is 5.97 Å². The molecule has 1 aliphatic heterocycles. The third kappa shape index (κ3) is 3.76. The summed E-state index contributed by atoms with van der Waals surface area (Å²) in [5, 5.41) is 9.07. The molecule has 1 saturated carbocycles. The highest BCUT2D eigenvalue weighted by molar-refractivity contribution is 7.87. The summed E-state index contributed by atoms with van der Waals surface area (Å²) >= 11 is 0. The number of carboxylic acid groups (broad SMARTS) is 1. The molecule has 2 aliphatic rings. The van der Waals surface area contributed by atoms with Gasteiger partial charge in [0, 0.05) is 19.1 Å². The van der Waals surface area contributed by atoms with E-state index >= 15 is 0 Å². The van der Waals surface area contributed by atoms with Crippen LogP contribution in [-0.2, 0) is 15.0 Å². The Morgan fingerprint density at radius 1 is 1.33 bits per heavy atom. The van der Waals surface area contributed by atoms with Crippen LogP contribution in [-0.4, -0.2) is 42.9 Å². The highest BCUT2D eigenvalue weighted by Gasteiger charge is 2.38. The Hall–Kier alpha value is -0.660. The Kier molecular flexibility index (Phi) is 5.27. The largest absolute Gasteiger partial charge is 0.481 e. The number of rotatable bonds is 5. The first-order valence-electron chi connectivity index (χ1n) is 7.85. The maximum absolute atomic E-state index is 12.5. The van der Waals surface area contributed by atoms with Crippen LogP contribution in [0.1, 0.15) is 46.0 Å². The maximum atomic E-state index is 12.5. The molecule has 2 N–H and O–H groups in total. The summed E-state index contributed by atoms with van der Waals surface area (Å²) in [5.41, 5.74) is 0. The van der Waals surface area contributed by atoms with E-state index < -0.39 is 22.1 Å². The van der Waals surface area contributed by atoms with Crippen molar-refractivity contribution in [3.63, 3.8) is 0 Å². The zero-order valence-corrected chi connectivity index (χ0v) is 13.6. The monoisotopic (exact) mass is 318 g/mol. The van der Waals surface area contributed by atoms with Crippen LogP contribution in [0.5, 0.6) is 0 Å². The van der Waals surface area contributed by atoms with Crippen molar-refractivity contribution in [3.05, 3.63) is 0 Å². The van der Waals surface area contributed by atoms with Gasteiger partial charge in [0.15, 0.2) is 0 Å². The number of piperidine rings is 1. The van der Waals surface area contributed by atoms with E-state index in [9.17, 15) is 13.2 Å². The van der Waals surface area contributed by atoms with E-state index in [-0.39, 0.29) is 12.6 Å². The van der Waals surface area contributed by atoms with Crippen LogP contribution in [0.2, 0.25) is 0 Å². The minimum absolute atomic E-state index is 0.0230. The fraction of sp³-hybridized carbons (Fsp3) is 0.929. The lowest BCUT2D eigenvalue weighted by molar-refractivity contribution is -0.142. The van der Waals surface area contributed by atoms with Crippen LogP contribution in [0, 0.1) is 17.8 Å². The van der Waals surface area contributed by atoms with Crippen molar-refractivity contribution < 1.29 is 18.3 Å². The number of nitrogens with one attached hydrogen (secondary N) is 1. The van der Waals surface area contributed by atoms with E-state index in [1.54, 1.807) is 0 Å². The Bertz CT molecular complexity index is 479. The smallest absolute Gasteiger partial charge is 0.307 e. The predicted molar refractivity (Wildman–Crippen MR) is 80.0 cm³/mol. The van der Waals surface area contributed by atoms with Crippen LogP contribution < -0.4 is 4.72 Å². The molecule has 1 heterocycles. The topological polar surface area (TPSA) is 86.7 Å². The molecule has 2 rings (SSSR count). The van der Waals surface area contributed by atoms with Crippen molar-refractivity contribution in [3.8, 4) is 0 Å². The Morgan fingerprint density at radius 3 is 2.62 bits per heavy atom. The molecule has 4 unspecified atom stereocenters. The molecule has 0 aromatic rings. The summed E-state index contributed by atoms with van der Waals surface area (Å²) < 4.78 is 29.1. The molecule has 122 valence electrons. The van der Waals surface area contributed by atoms with Crippen molar-refractivity contribution in [2.45, 2.75) is 52.0 Å². The van der Waals surface area contributed by atoms with Crippen LogP contribution in [0.3, 0.4) is 0 Å². The van der Waals surface area contributed by atoms with E-state index in [4.69, 9.17) is 5.11 Å². The summed E-state index contributed by atoms with van der Waals surface area (Å²) in [4.78, 5) is 11.1.